The first-order chi connectivity index (χ1) is 11.0. The van der Waals surface area contributed by atoms with E-state index < -0.39 is 17.7 Å². The van der Waals surface area contributed by atoms with Gasteiger partial charge in [0, 0.05) is 11.6 Å². The molecule has 116 valence electrons. The first-order valence-corrected chi connectivity index (χ1v) is 6.52. The highest BCUT2D eigenvalue weighted by atomic mass is 16.6. The van der Waals surface area contributed by atoms with Gasteiger partial charge in [-0.2, -0.15) is 0 Å². The van der Waals surface area contributed by atoms with Crippen LogP contribution in [0, 0.1) is 0 Å². The Hall–Kier alpha value is -3.41. The Morgan fingerprint density at radius 2 is 1.35 bits per heavy atom. The second-order valence-electron chi connectivity index (χ2n) is 4.51. The zero-order valence-corrected chi connectivity index (χ0v) is 11.8. The van der Waals surface area contributed by atoms with E-state index in [2.05, 4.69) is 4.74 Å². The molecule has 6 heteroatoms. The molecule has 0 heterocycles. The third kappa shape index (κ3) is 4.53. The van der Waals surface area contributed by atoms with Crippen LogP contribution in [0.15, 0.2) is 54.6 Å². The summed E-state index contributed by atoms with van der Waals surface area (Å²) in [4.78, 5) is 34.8. The Labute approximate surface area is 131 Å². The molecule has 0 atom stereocenters. The van der Waals surface area contributed by atoms with E-state index in [1.165, 1.54) is 42.5 Å². The van der Waals surface area contributed by atoms with Gasteiger partial charge in [-0.3, -0.25) is 4.79 Å². The smallest absolute Gasteiger partial charge is 0.387 e. The normalized spacial score (nSPS) is 10.4. The maximum Gasteiger partial charge on any atom is 0.387 e. The van der Waals surface area contributed by atoms with Crippen molar-refractivity contribution in [3.63, 3.8) is 0 Å². The van der Waals surface area contributed by atoms with Gasteiger partial charge >= 0.3 is 11.9 Å². The minimum Gasteiger partial charge on any atom is -0.508 e. The van der Waals surface area contributed by atoms with E-state index in [1.54, 1.807) is 12.1 Å². The molecule has 2 rings (SSSR count). The minimum atomic E-state index is -1.31. The van der Waals surface area contributed by atoms with E-state index in [4.69, 9.17) is 10.2 Å². The second kappa shape index (κ2) is 7.04. The maximum absolute atomic E-state index is 11.7. The zero-order valence-electron chi connectivity index (χ0n) is 11.8. The number of benzene rings is 2. The molecule has 2 aromatic carbocycles. The summed E-state index contributed by atoms with van der Waals surface area (Å²) in [5, 5.41) is 18.2. The number of esters is 2. The van der Waals surface area contributed by atoms with Gasteiger partial charge in [0.2, 0.25) is 0 Å². The van der Waals surface area contributed by atoms with Crippen LogP contribution in [0.4, 0.5) is 0 Å². The Bertz CT molecular complexity index is 757. The number of hydrogen-bond donors (Lipinski definition) is 2. The molecule has 0 unspecified atom stereocenters. The zero-order chi connectivity index (χ0) is 16.8. The number of Topliss-reactive ketones (excluding diaryl/α,β-unsaturated/α-hetero) is 1. The van der Waals surface area contributed by atoms with Crippen molar-refractivity contribution in [1.82, 2.24) is 0 Å². The van der Waals surface area contributed by atoms with Crippen molar-refractivity contribution in [2.45, 2.75) is 0 Å². The molecule has 0 fully saturated rings. The number of carbonyl (C=O) groups excluding carboxylic acids is 3. The summed E-state index contributed by atoms with van der Waals surface area (Å²) >= 11 is 0. The Morgan fingerprint density at radius 1 is 0.826 bits per heavy atom. The molecule has 0 saturated carbocycles. The summed E-state index contributed by atoms with van der Waals surface area (Å²) in [6, 6.07) is 11.0. The molecule has 0 aliphatic heterocycles. The van der Waals surface area contributed by atoms with Crippen molar-refractivity contribution in [2.24, 2.45) is 0 Å². The van der Waals surface area contributed by atoms with E-state index in [0.717, 1.165) is 6.08 Å². The summed E-state index contributed by atoms with van der Waals surface area (Å²) in [5.74, 6) is -3.26. The molecule has 6 nitrogen and oxygen atoms in total. The van der Waals surface area contributed by atoms with E-state index in [0.29, 0.717) is 5.56 Å². The highest BCUT2D eigenvalue weighted by Gasteiger charge is 2.20. The van der Waals surface area contributed by atoms with Gasteiger partial charge in [-0.25, -0.2) is 9.59 Å². The van der Waals surface area contributed by atoms with Crippen LogP contribution in [0.5, 0.6) is 11.5 Å². The van der Waals surface area contributed by atoms with Crippen molar-refractivity contribution < 1.29 is 29.3 Å². The van der Waals surface area contributed by atoms with E-state index in [1.807, 2.05) is 0 Å². The van der Waals surface area contributed by atoms with Gasteiger partial charge < -0.3 is 14.9 Å². The molecule has 2 aromatic rings. The lowest BCUT2D eigenvalue weighted by Gasteiger charge is -2.00. The van der Waals surface area contributed by atoms with Crippen LogP contribution in [0.25, 0.3) is 6.08 Å². The third-order valence-electron chi connectivity index (χ3n) is 2.81. The number of hydrogen-bond acceptors (Lipinski definition) is 6. The highest BCUT2D eigenvalue weighted by molar-refractivity contribution is 6.42. The van der Waals surface area contributed by atoms with Gasteiger partial charge in [0.1, 0.15) is 11.5 Å². The Balaban J connectivity index is 1.96. The summed E-state index contributed by atoms with van der Waals surface area (Å²) < 4.78 is 4.42. The van der Waals surface area contributed by atoms with Crippen molar-refractivity contribution in [3.05, 3.63) is 65.7 Å². The quantitative estimate of drug-likeness (QED) is 0.295. The monoisotopic (exact) mass is 312 g/mol. The number of rotatable bonds is 4. The summed E-state index contributed by atoms with van der Waals surface area (Å²) in [5.41, 5.74) is 0.611. The number of phenolic OH excluding ortho intramolecular Hbond substituents is 2. The maximum atomic E-state index is 11.7. The fraction of sp³-hybridized carbons (Fsp3) is 0. The average molecular weight is 312 g/mol. The molecule has 2 N–H and O–H groups in total. The Kier molecular flexibility index (Phi) is 4.89. The lowest BCUT2D eigenvalue weighted by Crippen LogP contribution is -2.20. The largest absolute Gasteiger partial charge is 0.508 e. The number of ether oxygens (including phenoxy) is 1. The first-order valence-electron chi connectivity index (χ1n) is 6.52. The van der Waals surface area contributed by atoms with Gasteiger partial charge in [0.05, 0.1) is 0 Å². The summed E-state index contributed by atoms with van der Waals surface area (Å²) in [7, 11) is 0. The molecule has 0 saturated heterocycles. The lowest BCUT2D eigenvalue weighted by atomic mass is 10.1. The summed E-state index contributed by atoms with van der Waals surface area (Å²) in [6.45, 7) is 0. The fourth-order valence-corrected chi connectivity index (χ4v) is 1.65. The van der Waals surface area contributed by atoms with Crippen LogP contribution in [0.3, 0.4) is 0 Å². The van der Waals surface area contributed by atoms with Crippen molar-refractivity contribution in [2.75, 3.05) is 0 Å². The van der Waals surface area contributed by atoms with Crippen LogP contribution < -0.4 is 0 Å². The van der Waals surface area contributed by atoms with Gasteiger partial charge in [0.25, 0.3) is 5.78 Å². The van der Waals surface area contributed by atoms with Crippen LogP contribution in [0.1, 0.15) is 15.9 Å². The van der Waals surface area contributed by atoms with Crippen LogP contribution >= 0.6 is 0 Å². The van der Waals surface area contributed by atoms with Gasteiger partial charge in [-0.05, 0) is 48.0 Å². The van der Waals surface area contributed by atoms with Crippen LogP contribution in [0.2, 0.25) is 0 Å². The highest BCUT2D eigenvalue weighted by Crippen LogP contribution is 2.12. The van der Waals surface area contributed by atoms with Gasteiger partial charge in [-0.1, -0.05) is 12.1 Å². The molecule has 0 amide bonds. The predicted octanol–water partition coefficient (Wildman–Crippen LogP) is 2.06. The minimum absolute atomic E-state index is 0.00288. The van der Waals surface area contributed by atoms with Crippen LogP contribution in [-0.4, -0.2) is 27.9 Å². The topological polar surface area (TPSA) is 101 Å². The molecule has 0 aromatic heterocycles. The number of aromatic hydroxyl groups is 2. The molecular weight excluding hydrogens is 300 g/mol. The molecule has 0 spiro atoms. The van der Waals surface area contributed by atoms with Crippen LogP contribution in [-0.2, 0) is 14.3 Å². The molecule has 0 aliphatic carbocycles. The van der Waals surface area contributed by atoms with E-state index >= 15 is 0 Å². The molecular formula is C17H12O6. The lowest BCUT2D eigenvalue weighted by molar-refractivity contribution is -0.152. The summed E-state index contributed by atoms with van der Waals surface area (Å²) in [6.07, 6.45) is 2.37. The first kappa shape index (κ1) is 16.0. The molecule has 0 aliphatic rings. The molecule has 0 bridgehead atoms. The Morgan fingerprint density at radius 3 is 1.91 bits per heavy atom. The van der Waals surface area contributed by atoms with Gasteiger partial charge in [-0.15, -0.1) is 0 Å². The second-order valence-corrected chi connectivity index (χ2v) is 4.51. The number of carbonyl (C=O) groups is 3. The molecule has 0 radical (unpaired) electrons. The van der Waals surface area contributed by atoms with Crippen molar-refractivity contribution in [3.8, 4) is 11.5 Å². The van der Waals surface area contributed by atoms with Crippen molar-refractivity contribution in [1.29, 1.82) is 0 Å². The average Bonchev–Trinajstić information content (AvgIpc) is 2.54. The third-order valence-corrected chi connectivity index (χ3v) is 2.81. The standard InChI is InChI=1S/C17H12O6/c18-13-6-1-11(2-7-13)3-10-15(20)23-17(22)16(21)12-4-8-14(19)9-5-12/h1-10,18-19H. The van der Waals surface area contributed by atoms with Crippen molar-refractivity contribution >= 4 is 23.8 Å². The van der Waals surface area contributed by atoms with E-state index in [9.17, 15) is 14.4 Å². The molecule has 23 heavy (non-hydrogen) atoms. The fourth-order valence-electron chi connectivity index (χ4n) is 1.65. The predicted molar refractivity (Wildman–Crippen MR) is 80.7 cm³/mol. The van der Waals surface area contributed by atoms with E-state index in [-0.39, 0.29) is 17.1 Å². The SMILES string of the molecule is O=C(C=Cc1ccc(O)cc1)OC(=O)C(=O)c1ccc(O)cc1. The number of ketones is 1. The number of phenols is 2. The van der Waals surface area contributed by atoms with Gasteiger partial charge in [0.15, 0.2) is 0 Å².